The van der Waals surface area contributed by atoms with Crippen molar-refractivity contribution >= 4 is 40.9 Å². The molecule has 4 aromatic rings. The van der Waals surface area contributed by atoms with E-state index >= 15 is 0 Å². The maximum atomic E-state index is 12.7. The first-order valence-corrected chi connectivity index (χ1v) is 11.6. The van der Waals surface area contributed by atoms with Crippen LogP contribution in [0.3, 0.4) is 0 Å². The minimum Gasteiger partial charge on any atom is -0.465 e. The van der Waals surface area contributed by atoms with Crippen LogP contribution in [0.4, 0.5) is 11.4 Å². The van der Waals surface area contributed by atoms with Crippen LogP contribution in [0, 0.1) is 0 Å². The van der Waals surface area contributed by atoms with Gasteiger partial charge in [0, 0.05) is 35.0 Å². The molecule has 1 aromatic heterocycles. The van der Waals surface area contributed by atoms with Crippen molar-refractivity contribution in [1.82, 2.24) is 9.55 Å². The Morgan fingerprint density at radius 3 is 2.43 bits per heavy atom. The normalized spacial score (nSPS) is 10.4. The fourth-order valence-corrected chi connectivity index (χ4v) is 4.06. The highest BCUT2D eigenvalue weighted by Gasteiger charge is 2.13. The zero-order chi connectivity index (χ0) is 24.6. The number of amides is 2. The van der Waals surface area contributed by atoms with Gasteiger partial charge < -0.3 is 15.4 Å². The Morgan fingerprint density at radius 2 is 1.63 bits per heavy atom. The molecule has 0 aliphatic rings. The van der Waals surface area contributed by atoms with Crippen LogP contribution in [-0.2, 0) is 9.53 Å². The largest absolute Gasteiger partial charge is 0.465 e. The van der Waals surface area contributed by atoms with Gasteiger partial charge in [0.05, 0.1) is 18.4 Å². The Labute approximate surface area is 206 Å². The maximum Gasteiger partial charge on any atom is 0.337 e. The van der Waals surface area contributed by atoms with Crippen LogP contribution in [0.25, 0.3) is 5.69 Å². The van der Waals surface area contributed by atoms with Crippen molar-refractivity contribution < 1.29 is 19.1 Å². The second-order valence-electron chi connectivity index (χ2n) is 7.36. The topological polar surface area (TPSA) is 102 Å². The van der Waals surface area contributed by atoms with E-state index in [1.807, 2.05) is 41.0 Å². The molecule has 2 N–H and O–H groups in total. The predicted octanol–water partition coefficient (Wildman–Crippen LogP) is 4.64. The van der Waals surface area contributed by atoms with Crippen molar-refractivity contribution in [3.63, 3.8) is 0 Å². The second-order valence-corrected chi connectivity index (χ2v) is 8.30. The van der Waals surface area contributed by atoms with Gasteiger partial charge in [-0.25, -0.2) is 9.78 Å². The molecule has 0 bridgehead atoms. The number of hydrogen-bond donors (Lipinski definition) is 2. The Kier molecular flexibility index (Phi) is 7.59. The highest BCUT2D eigenvalue weighted by Crippen LogP contribution is 2.22. The SMILES string of the molecule is COC(=O)c1cccc(NC(=O)CSc2nccn2-c2cccc(C(=O)Nc3ccccc3)c2)c1. The molecule has 35 heavy (non-hydrogen) atoms. The molecule has 176 valence electrons. The van der Waals surface area contributed by atoms with Gasteiger partial charge in [-0.05, 0) is 48.5 Å². The molecule has 0 saturated carbocycles. The lowest BCUT2D eigenvalue weighted by atomic mass is 10.2. The summed E-state index contributed by atoms with van der Waals surface area (Å²) in [5.74, 6) is -0.839. The van der Waals surface area contributed by atoms with Crippen LogP contribution >= 0.6 is 11.8 Å². The first-order valence-electron chi connectivity index (χ1n) is 10.6. The molecule has 0 atom stereocenters. The lowest BCUT2D eigenvalue weighted by Gasteiger charge is -2.10. The van der Waals surface area contributed by atoms with Crippen molar-refractivity contribution in [1.29, 1.82) is 0 Å². The summed E-state index contributed by atoms with van der Waals surface area (Å²) in [6.07, 6.45) is 3.41. The number of carbonyl (C=O) groups excluding carboxylic acids is 3. The Morgan fingerprint density at radius 1 is 0.886 bits per heavy atom. The Bertz CT molecular complexity index is 1350. The van der Waals surface area contributed by atoms with E-state index in [1.165, 1.54) is 18.9 Å². The monoisotopic (exact) mass is 486 g/mol. The standard InChI is InChI=1S/C26H22N4O4S/c1-34-25(33)19-8-5-11-21(15-19)28-23(31)17-35-26-27-13-14-30(26)22-12-6-7-18(16-22)24(32)29-20-9-3-2-4-10-20/h2-16H,17H2,1H3,(H,28,31)(H,29,32). The number of benzene rings is 3. The number of ether oxygens (including phenoxy) is 1. The van der Waals surface area contributed by atoms with Crippen LogP contribution in [0.5, 0.6) is 0 Å². The molecular formula is C26H22N4O4S. The van der Waals surface area contributed by atoms with E-state index in [1.54, 1.807) is 54.9 Å². The highest BCUT2D eigenvalue weighted by atomic mass is 32.2. The summed E-state index contributed by atoms with van der Waals surface area (Å²) in [5, 5.41) is 6.25. The number of hydrogen-bond acceptors (Lipinski definition) is 6. The molecule has 3 aromatic carbocycles. The third-order valence-electron chi connectivity index (χ3n) is 4.92. The van der Waals surface area contributed by atoms with Crippen LogP contribution in [0.15, 0.2) is 96.4 Å². The summed E-state index contributed by atoms with van der Waals surface area (Å²) >= 11 is 1.26. The van der Waals surface area contributed by atoms with Crippen molar-refractivity contribution in [2.24, 2.45) is 0 Å². The summed E-state index contributed by atoms with van der Waals surface area (Å²) < 4.78 is 6.52. The molecule has 0 saturated heterocycles. The molecule has 4 rings (SSSR count). The first-order chi connectivity index (χ1) is 17.0. The molecule has 9 heteroatoms. The summed E-state index contributed by atoms with van der Waals surface area (Å²) in [6, 6.07) is 22.9. The van der Waals surface area contributed by atoms with Gasteiger partial charge in [-0.1, -0.05) is 42.1 Å². The van der Waals surface area contributed by atoms with E-state index in [2.05, 4.69) is 15.6 Å². The molecule has 2 amide bonds. The lowest BCUT2D eigenvalue weighted by Crippen LogP contribution is -2.15. The van der Waals surface area contributed by atoms with Gasteiger partial charge in [0.1, 0.15) is 0 Å². The molecule has 0 spiro atoms. The van der Waals surface area contributed by atoms with Crippen LogP contribution < -0.4 is 10.6 Å². The minimum absolute atomic E-state index is 0.105. The van der Waals surface area contributed by atoms with Crippen molar-refractivity contribution in [2.45, 2.75) is 5.16 Å². The van der Waals surface area contributed by atoms with Crippen molar-refractivity contribution in [3.8, 4) is 5.69 Å². The lowest BCUT2D eigenvalue weighted by molar-refractivity contribution is -0.113. The smallest absolute Gasteiger partial charge is 0.337 e. The fourth-order valence-electron chi connectivity index (χ4n) is 3.28. The third kappa shape index (κ3) is 6.15. The maximum absolute atomic E-state index is 12.7. The summed E-state index contributed by atoms with van der Waals surface area (Å²) in [6.45, 7) is 0. The zero-order valence-electron chi connectivity index (χ0n) is 18.8. The summed E-state index contributed by atoms with van der Waals surface area (Å²) in [5.41, 5.74) is 2.81. The average molecular weight is 487 g/mol. The van der Waals surface area contributed by atoms with E-state index in [4.69, 9.17) is 4.74 Å². The van der Waals surface area contributed by atoms with Crippen molar-refractivity contribution in [2.75, 3.05) is 23.5 Å². The number of aromatic nitrogens is 2. The molecule has 8 nitrogen and oxygen atoms in total. The van der Waals surface area contributed by atoms with Crippen LogP contribution in [0.1, 0.15) is 20.7 Å². The Hall–Kier alpha value is -4.37. The number of thioether (sulfide) groups is 1. The molecule has 0 fully saturated rings. The van der Waals surface area contributed by atoms with Gasteiger partial charge in [-0.15, -0.1) is 0 Å². The first kappa shape index (κ1) is 23.8. The summed E-state index contributed by atoms with van der Waals surface area (Å²) in [7, 11) is 1.30. The number of nitrogens with zero attached hydrogens (tertiary/aromatic N) is 2. The van der Waals surface area contributed by atoms with E-state index in [0.717, 1.165) is 5.69 Å². The minimum atomic E-state index is -0.475. The zero-order valence-corrected chi connectivity index (χ0v) is 19.6. The molecular weight excluding hydrogens is 464 g/mol. The molecule has 1 heterocycles. The van der Waals surface area contributed by atoms with Crippen LogP contribution in [-0.4, -0.2) is 40.2 Å². The number of esters is 1. The van der Waals surface area contributed by atoms with Crippen LogP contribution in [0.2, 0.25) is 0 Å². The van der Waals surface area contributed by atoms with Gasteiger partial charge in [0.25, 0.3) is 5.91 Å². The summed E-state index contributed by atoms with van der Waals surface area (Å²) in [4.78, 5) is 41.2. The molecule has 0 radical (unpaired) electrons. The average Bonchev–Trinajstić information content (AvgIpc) is 3.36. The van der Waals surface area contributed by atoms with E-state index in [0.29, 0.717) is 27.7 Å². The van der Waals surface area contributed by atoms with Gasteiger partial charge in [-0.2, -0.15) is 0 Å². The number of nitrogens with one attached hydrogen (secondary N) is 2. The number of anilines is 2. The van der Waals surface area contributed by atoms with E-state index in [-0.39, 0.29) is 17.6 Å². The highest BCUT2D eigenvalue weighted by molar-refractivity contribution is 7.99. The van der Waals surface area contributed by atoms with E-state index < -0.39 is 5.97 Å². The van der Waals surface area contributed by atoms with Gasteiger partial charge in [0.15, 0.2) is 5.16 Å². The van der Waals surface area contributed by atoms with Gasteiger partial charge in [-0.3, -0.25) is 14.2 Å². The van der Waals surface area contributed by atoms with Crippen molar-refractivity contribution in [3.05, 3.63) is 102 Å². The number of imidazole rings is 1. The molecule has 0 aliphatic heterocycles. The number of carbonyl (C=O) groups is 3. The molecule has 0 unspecified atom stereocenters. The number of methoxy groups -OCH3 is 1. The second kappa shape index (κ2) is 11.2. The fraction of sp³-hybridized carbons (Fsp3) is 0.0769. The number of rotatable bonds is 8. The predicted molar refractivity (Wildman–Crippen MR) is 135 cm³/mol. The quantitative estimate of drug-likeness (QED) is 0.278. The van der Waals surface area contributed by atoms with Gasteiger partial charge in [0.2, 0.25) is 5.91 Å². The molecule has 0 aliphatic carbocycles. The van der Waals surface area contributed by atoms with Gasteiger partial charge >= 0.3 is 5.97 Å². The van der Waals surface area contributed by atoms with E-state index in [9.17, 15) is 14.4 Å². The Balaban J connectivity index is 1.41. The third-order valence-corrected chi connectivity index (χ3v) is 5.89. The number of para-hydroxylation sites is 1.